The smallest absolute Gasteiger partial charge is 0.0334 e. The minimum Gasteiger partial charge on any atom is -0.311 e. The summed E-state index contributed by atoms with van der Waals surface area (Å²) in [6.45, 7) is 11.0. The Labute approximate surface area is 133 Å². The van der Waals surface area contributed by atoms with Gasteiger partial charge >= 0.3 is 0 Å². The predicted molar refractivity (Wildman–Crippen MR) is 92.8 cm³/mol. The normalized spacial score (nSPS) is 30.7. The van der Waals surface area contributed by atoms with Gasteiger partial charge in [0.15, 0.2) is 0 Å². The minimum absolute atomic E-state index is 0.452. The standard InChI is InChI=1S/C19H38N2/c1-4-6-7-8-9-10-11-14-21-15-18(5-2)20-16-19(21,3)17-12-13-17/h17-18,20H,4-16H2,1-3H3. The third-order valence-corrected chi connectivity index (χ3v) is 5.89. The zero-order chi connectivity index (χ0) is 15.1. The van der Waals surface area contributed by atoms with Crippen molar-refractivity contribution in [2.45, 2.75) is 96.6 Å². The summed E-state index contributed by atoms with van der Waals surface area (Å²) in [4.78, 5) is 2.85. The molecule has 1 heterocycles. The van der Waals surface area contributed by atoms with E-state index in [2.05, 4.69) is 31.0 Å². The molecule has 124 valence electrons. The number of rotatable bonds is 10. The van der Waals surface area contributed by atoms with Crippen molar-refractivity contribution in [1.29, 1.82) is 0 Å². The SMILES string of the molecule is CCCCCCCCCN1CC(CC)NCC1(C)C1CC1. The van der Waals surface area contributed by atoms with E-state index in [1.165, 1.54) is 83.8 Å². The molecule has 0 spiro atoms. The zero-order valence-corrected chi connectivity index (χ0v) is 14.8. The maximum atomic E-state index is 3.79. The van der Waals surface area contributed by atoms with Gasteiger partial charge in [0.2, 0.25) is 0 Å². The van der Waals surface area contributed by atoms with Crippen LogP contribution in [0.4, 0.5) is 0 Å². The largest absolute Gasteiger partial charge is 0.311 e. The van der Waals surface area contributed by atoms with Crippen LogP contribution in [0.25, 0.3) is 0 Å². The Morgan fingerprint density at radius 2 is 1.67 bits per heavy atom. The fraction of sp³-hybridized carbons (Fsp3) is 1.00. The zero-order valence-electron chi connectivity index (χ0n) is 14.8. The molecule has 2 atom stereocenters. The number of nitrogens with zero attached hydrogens (tertiary/aromatic N) is 1. The van der Waals surface area contributed by atoms with Gasteiger partial charge in [-0.3, -0.25) is 4.90 Å². The molecule has 2 aliphatic rings. The summed E-state index contributed by atoms with van der Waals surface area (Å²) >= 11 is 0. The molecule has 0 radical (unpaired) electrons. The summed E-state index contributed by atoms with van der Waals surface area (Å²) in [6, 6.07) is 0.723. The summed E-state index contributed by atoms with van der Waals surface area (Å²) in [7, 11) is 0. The second kappa shape index (κ2) is 8.53. The van der Waals surface area contributed by atoms with Crippen molar-refractivity contribution in [2.24, 2.45) is 5.92 Å². The maximum Gasteiger partial charge on any atom is 0.0334 e. The van der Waals surface area contributed by atoms with Crippen molar-refractivity contribution >= 4 is 0 Å². The molecule has 2 unspecified atom stereocenters. The average molecular weight is 295 g/mol. The van der Waals surface area contributed by atoms with E-state index in [0.29, 0.717) is 5.54 Å². The van der Waals surface area contributed by atoms with E-state index < -0.39 is 0 Å². The summed E-state index contributed by atoms with van der Waals surface area (Å²) in [5, 5.41) is 3.79. The van der Waals surface area contributed by atoms with Crippen LogP contribution >= 0.6 is 0 Å². The molecule has 0 aromatic rings. The van der Waals surface area contributed by atoms with E-state index in [1.54, 1.807) is 0 Å². The first-order valence-corrected chi connectivity index (χ1v) is 9.69. The number of unbranched alkanes of at least 4 members (excludes halogenated alkanes) is 6. The first-order chi connectivity index (χ1) is 10.2. The van der Waals surface area contributed by atoms with Crippen LogP contribution in [0, 0.1) is 5.92 Å². The van der Waals surface area contributed by atoms with Gasteiger partial charge in [-0.1, -0.05) is 52.4 Å². The second-order valence-electron chi connectivity index (χ2n) is 7.68. The highest BCUT2D eigenvalue weighted by atomic mass is 15.3. The third-order valence-electron chi connectivity index (χ3n) is 5.89. The summed E-state index contributed by atoms with van der Waals surface area (Å²) in [5.41, 5.74) is 0.452. The fourth-order valence-electron chi connectivity index (χ4n) is 3.99. The Bertz CT molecular complexity index is 287. The van der Waals surface area contributed by atoms with Gasteiger partial charge in [-0.25, -0.2) is 0 Å². The third kappa shape index (κ3) is 4.96. The van der Waals surface area contributed by atoms with E-state index in [9.17, 15) is 0 Å². The molecule has 1 N–H and O–H groups in total. The molecule has 1 aliphatic carbocycles. The molecular weight excluding hydrogens is 256 g/mol. The lowest BCUT2D eigenvalue weighted by Gasteiger charge is -2.49. The molecule has 1 aliphatic heterocycles. The first kappa shape index (κ1) is 17.3. The number of piperazine rings is 1. The Morgan fingerprint density at radius 1 is 1.00 bits per heavy atom. The summed E-state index contributed by atoms with van der Waals surface area (Å²) in [5.74, 6) is 0.965. The molecule has 2 fully saturated rings. The van der Waals surface area contributed by atoms with Crippen LogP contribution in [0.15, 0.2) is 0 Å². The summed E-state index contributed by atoms with van der Waals surface area (Å²) in [6.07, 6.45) is 14.2. The van der Waals surface area contributed by atoms with Gasteiger partial charge in [-0.05, 0) is 45.1 Å². The molecule has 2 nitrogen and oxygen atoms in total. The Hall–Kier alpha value is -0.0800. The Balaban J connectivity index is 1.70. The van der Waals surface area contributed by atoms with Crippen molar-refractivity contribution in [1.82, 2.24) is 10.2 Å². The molecule has 2 rings (SSSR count). The van der Waals surface area contributed by atoms with E-state index in [4.69, 9.17) is 0 Å². The molecule has 1 saturated carbocycles. The van der Waals surface area contributed by atoms with E-state index in [1.807, 2.05) is 0 Å². The van der Waals surface area contributed by atoms with E-state index in [-0.39, 0.29) is 0 Å². The van der Waals surface area contributed by atoms with Crippen molar-refractivity contribution in [3.8, 4) is 0 Å². The topological polar surface area (TPSA) is 15.3 Å². The number of nitrogens with one attached hydrogen (secondary N) is 1. The molecule has 0 bridgehead atoms. The van der Waals surface area contributed by atoms with Crippen LogP contribution in [-0.2, 0) is 0 Å². The van der Waals surface area contributed by atoms with Gasteiger partial charge in [-0.2, -0.15) is 0 Å². The van der Waals surface area contributed by atoms with Gasteiger partial charge in [0.05, 0.1) is 0 Å². The number of hydrogen-bond donors (Lipinski definition) is 1. The maximum absolute atomic E-state index is 3.79. The molecular formula is C19H38N2. The van der Waals surface area contributed by atoms with Gasteiger partial charge in [-0.15, -0.1) is 0 Å². The average Bonchev–Trinajstić information content (AvgIpc) is 3.33. The van der Waals surface area contributed by atoms with Crippen molar-refractivity contribution in [3.63, 3.8) is 0 Å². The van der Waals surface area contributed by atoms with Crippen LogP contribution in [0.3, 0.4) is 0 Å². The van der Waals surface area contributed by atoms with E-state index in [0.717, 1.165) is 12.0 Å². The van der Waals surface area contributed by atoms with E-state index >= 15 is 0 Å². The van der Waals surface area contributed by atoms with Crippen molar-refractivity contribution < 1.29 is 0 Å². The molecule has 0 aromatic carbocycles. The number of hydrogen-bond acceptors (Lipinski definition) is 2. The second-order valence-corrected chi connectivity index (χ2v) is 7.68. The quantitative estimate of drug-likeness (QED) is 0.593. The highest BCUT2D eigenvalue weighted by molar-refractivity contribution is 5.04. The molecule has 0 aromatic heterocycles. The van der Waals surface area contributed by atoms with Gasteiger partial charge in [0.1, 0.15) is 0 Å². The van der Waals surface area contributed by atoms with Crippen LogP contribution in [0.2, 0.25) is 0 Å². The van der Waals surface area contributed by atoms with Gasteiger partial charge in [0, 0.05) is 24.7 Å². The van der Waals surface area contributed by atoms with Gasteiger partial charge < -0.3 is 5.32 Å². The molecule has 2 heteroatoms. The Kier molecular flexibility index (Phi) is 7.01. The predicted octanol–water partition coefficient (Wildman–Crippen LogP) is 4.59. The first-order valence-electron chi connectivity index (χ1n) is 9.69. The fourth-order valence-corrected chi connectivity index (χ4v) is 3.99. The minimum atomic E-state index is 0.452. The lowest BCUT2D eigenvalue weighted by atomic mass is 9.88. The lowest BCUT2D eigenvalue weighted by Crippen LogP contribution is -2.64. The Morgan fingerprint density at radius 3 is 2.29 bits per heavy atom. The van der Waals surface area contributed by atoms with Crippen LogP contribution in [0.1, 0.15) is 85.0 Å². The van der Waals surface area contributed by atoms with Crippen LogP contribution in [-0.4, -0.2) is 36.1 Å². The monoisotopic (exact) mass is 294 g/mol. The van der Waals surface area contributed by atoms with Crippen molar-refractivity contribution in [2.75, 3.05) is 19.6 Å². The van der Waals surface area contributed by atoms with Crippen LogP contribution in [0.5, 0.6) is 0 Å². The highest BCUT2D eigenvalue weighted by Gasteiger charge is 2.47. The van der Waals surface area contributed by atoms with Crippen LogP contribution < -0.4 is 5.32 Å². The van der Waals surface area contributed by atoms with Crippen molar-refractivity contribution in [3.05, 3.63) is 0 Å². The lowest BCUT2D eigenvalue weighted by molar-refractivity contribution is 0.0327. The molecule has 1 saturated heterocycles. The van der Waals surface area contributed by atoms with Gasteiger partial charge in [0.25, 0.3) is 0 Å². The summed E-state index contributed by atoms with van der Waals surface area (Å²) < 4.78 is 0. The molecule has 0 amide bonds. The molecule has 21 heavy (non-hydrogen) atoms. The highest BCUT2D eigenvalue weighted by Crippen LogP contribution is 2.44.